The van der Waals surface area contributed by atoms with Crippen molar-refractivity contribution in [1.29, 1.82) is 0 Å². The second kappa shape index (κ2) is 8.04. The monoisotopic (exact) mass is 409 g/mol. The van der Waals surface area contributed by atoms with Crippen molar-refractivity contribution in [2.75, 3.05) is 61.5 Å². The Morgan fingerprint density at radius 3 is 2.73 bits per heavy atom. The summed E-state index contributed by atoms with van der Waals surface area (Å²) in [5.41, 5.74) is 2.60. The molecule has 30 heavy (non-hydrogen) atoms. The number of anilines is 3. The molecule has 0 unspecified atom stereocenters. The molecule has 0 bridgehead atoms. The van der Waals surface area contributed by atoms with Gasteiger partial charge in [0, 0.05) is 49.5 Å². The molecule has 3 aliphatic rings. The summed E-state index contributed by atoms with van der Waals surface area (Å²) in [7, 11) is 0. The minimum absolute atomic E-state index is 0.210. The topological polar surface area (TPSA) is 69.7 Å². The highest BCUT2D eigenvalue weighted by atomic mass is 19.1. The van der Waals surface area contributed by atoms with Gasteiger partial charge in [0.05, 0.1) is 31.1 Å². The number of piperazine rings is 1. The molecule has 3 aliphatic heterocycles. The van der Waals surface area contributed by atoms with E-state index >= 15 is 0 Å². The highest BCUT2D eigenvalue weighted by Crippen LogP contribution is 2.32. The van der Waals surface area contributed by atoms with Crippen molar-refractivity contribution < 1.29 is 13.9 Å². The van der Waals surface area contributed by atoms with Crippen LogP contribution in [0.4, 0.5) is 21.6 Å². The lowest BCUT2D eigenvalue weighted by Gasteiger charge is -2.42. The maximum atomic E-state index is 13.5. The normalized spacial score (nSPS) is 20.8. The zero-order valence-corrected chi connectivity index (χ0v) is 16.6. The molecule has 5 rings (SSSR count). The summed E-state index contributed by atoms with van der Waals surface area (Å²) in [5.74, 6) is 0.409. The number of hydrogen-bond donors (Lipinski definition) is 2. The van der Waals surface area contributed by atoms with Crippen LogP contribution >= 0.6 is 0 Å². The number of halogens is 1. The molecule has 4 heterocycles. The van der Waals surface area contributed by atoms with Crippen molar-refractivity contribution in [3.63, 3.8) is 0 Å². The number of nitrogens with one attached hydrogen (secondary N) is 2. The first-order chi connectivity index (χ1) is 14.7. The van der Waals surface area contributed by atoms with Crippen LogP contribution in [0.15, 0.2) is 42.6 Å². The van der Waals surface area contributed by atoms with Crippen molar-refractivity contribution >= 4 is 28.7 Å². The van der Waals surface area contributed by atoms with Gasteiger partial charge in [-0.3, -0.25) is 9.69 Å². The molecule has 2 N–H and O–H groups in total. The van der Waals surface area contributed by atoms with Crippen molar-refractivity contribution in [1.82, 2.24) is 9.88 Å². The van der Waals surface area contributed by atoms with E-state index in [2.05, 4.69) is 25.4 Å². The minimum atomic E-state index is -0.356. The van der Waals surface area contributed by atoms with Gasteiger partial charge in [0.15, 0.2) is 0 Å². The van der Waals surface area contributed by atoms with Gasteiger partial charge in [-0.05, 0) is 30.3 Å². The third-order valence-corrected chi connectivity index (χ3v) is 5.90. The lowest BCUT2D eigenvalue weighted by atomic mass is 10.1. The van der Waals surface area contributed by atoms with E-state index in [1.165, 1.54) is 12.1 Å². The average molecular weight is 409 g/mol. The molecule has 156 valence electrons. The molecule has 2 aromatic rings. The molecule has 0 atom stereocenters. The average Bonchev–Trinajstić information content (AvgIpc) is 3.03. The Balaban J connectivity index is 1.17. The minimum Gasteiger partial charge on any atom is -0.380 e. The molecule has 1 amide bonds. The summed E-state index contributed by atoms with van der Waals surface area (Å²) in [4.78, 5) is 21.5. The highest BCUT2D eigenvalue weighted by molar-refractivity contribution is 6.31. The second-order valence-electron chi connectivity index (χ2n) is 7.76. The van der Waals surface area contributed by atoms with Gasteiger partial charge in [0.25, 0.3) is 5.91 Å². The molecule has 2 saturated heterocycles. The Morgan fingerprint density at radius 2 is 2.03 bits per heavy atom. The number of pyridine rings is 1. The van der Waals surface area contributed by atoms with E-state index in [1.807, 2.05) is 18.3 Å². The Morgan fingerprint density at radius 1 is 1.20 bits per heavy atom. The van der Waals surface area contributed by atoms with E-state index in [4.69, 9.17) is 4.74 Å². The van der Waals surface area contributed by atoms with Crippen LogP contribution in [-0.4, -0.2) is 67.8 Å². The van der Waals surface area contributed by atoms with Crippen LogP contribution in [0.5, 0.6) is 0 Å². The summed E-state index contributed by atoms with van der Waals surface area (Å²) in [6.45, 7) is 6.16. The third kappa shape index (κ3) is 3.76. The van der Waals surface area contributed by atoms with E-state index < -0.39 is 0 Å². The first-order valence-corrected chi connectivity index (χ1v) is 10.3. The number of aromatic nitrogens is 1. The van der Waals surface area contributed by atoms with E-state index in [0.717, 1.165) is 50.9 Å². The van der Waals surface area contributed by atoms with Crippen LogP contribution in [-0.2, 0) is 9.53 Å². The number of amides is 1. The van der Waals surface area contributed by atoms with E-state index in [9.17, 15) is 9.18 Å². The fourth-order valence-electron chi connectivity index (χ4n) is 4.06. The van der Waals surface area contributed by atoms with Crippen LogP contribution in [0.25, 0.3) is 5.57 Å². The molecule has 0 saturated carbocycles. The number of rotatable bonds is 5. The molecule has 1 aromatic heterocycles. The fraction of sp³-hybridized carbons (Fsp3) is 0.364. The van der Waals surface area contributed by atoms with Gasteiger partial charge in [-0.25, -0.2) is 9.37 Å². The number of hydrogen-bond acceptors (Lipinski definition) is 6. The lowest BCUT2D eigenvalue weighted by Crippen LogP contribution is -2.56. The third-order valence-electron chi connectivity index (χ3n) is 5.90. The number of carbonyl (C=O) groups is 1. The predicted molar refractivity (Wildman–Crippen MR) is 114 cm³/mol. The summed E-state index contributed by atoms with van der Waals surface area (Å²) >= 11 is 0. The molecule has 1 aromatic carbocycles. The fourth-order valence-corrected chi connectivity index (χ4v) is 4.06. The van der Waals surface area contributed by atoms with Crippen molar-refractivity contribution in [3.8, 4) is 0 Å². The summed E-state index contributed by atoms with van der Waals surface area (Å²) in [6.07, 6.45) is 3.58. The van der Waals surface area contributed by atoms with Crippen molar-refractivity contribution in [2.24, 2.45) is 0 Å². The molecule has 0 radical (unpaired) electrons. The van der Waals surface area contributed by atoms with E-state index in [1.54, 1.807) is 12.1 Å². The molecular formula is C22H24FN5O2. The van der Waals surface area contributed by atoms with Crippen LogP contribution in [0.3, 0.4) is 0 Å². The number of ether oxygens (including phenoxy) is 1. The Hall–Kier alpha value is -2.97. The molecule has 2 fully saturated rings. The van der Waals surface area contributed by atoms with Crippen LogP contribution in [0.1, 0.15) is 5.56 Å². The maximum Gasteiger partial charge on any atom is 0.256 e. The zero-order valence-electron chi connectivity index (χ0n) is 16.6. The van der Waals surface area contributed by atoms with E-state index in [0.29, 0.717) is 29.4 Å². The zero-order chi connectivity index (χ0) is 20.5. The summed E-state index contributed by atoms with van der Waals surface area (Å²) < 4.78 is 18.8. The van der Waals surface area contributed by atoms with Gasteiger partial charge in [-0.15, -0.1) is 0 Å². The molecule has 0 aliphatic carbocycles. The smallest absolute Gasteiger partial charge is 0.256 e. The van der Waals surface area contributed by atoms with E-state index in [-0.39, 0.29) is 11.7 Å². The Bertz CT molecular complexity index is 966. The van der Waals surface area contributed by atoms with Gasteiger partial charge in [0.2, 0.25) is 0 Å². The van der Waals surface area contributed by atoms with Crippen molar-refractivity contribution in [3.05, 3.63) is 54.0 Å². The number of nitrogens with zero attached hydrogens (tertiary/aromatic N) is 3. The Labute approximate surface area is 174 Å². The van der Waals surface area contributed by atoms with Gasteiger partial charge in [-0.1, -0.05) is 6.08 Å². The maximum absolute atomic E-state index is 13.5. The number of benzene rings is 1. The predicted octanol–water partition coefficient (Wildman–Crippen LogP) is 2.19. The summed E-state index contributed by atoms with van der Waals surface area (Å²) in [6, 6.07) is 8.91. The standard InChI is InChI=1S/C22H24FN5O2/c23-15-1-3-20-19(11-15)18(22(29)26-20)5-6-24-16-2-4-21(25-12-16)28-9-7-27(8-10-28)17-13-30-14-17/h1-5,11-12,17,24H,6-10,13-14H2,(H,26,29)/b18-5-. The molecule has 8 heteroatoms. The molecule has 0 spiro atoms. The SMILES string of the molecule is O=C1Nc2ccc(F)cc2/C1=C/CNc1ccc(N2CCN(C3COC3)CC2)nc1. The van der Waals surface area contributed by atoms with Gasteiger partial charge in [0.1, 0.15) is 11.6 Å². The first-order valence-electron chi connectivity index (χ1n) is 10.3. The van der Waals surface area contributed by atoms with Gasteiger partial charge >= 0.3 is 0 Å². The quantitative estimate of drug-likeness (QED) is 0.738. The largest absolute Gasteiger partial charge is 0.380 e. The molecule has 7 nitrogen and oxygen atoms in total. The number of carbonyl (C=O) groups excluding carboxylic acids is 1. The van der Waals surface area contributed by atoms with Crippen LogP contribution in [0, 0.1) is 5.82 Å². The lowest BCUT2D eigenvalue weighted by molar-refractivity contribution is -0.110. The Kier molecular flexibility index (Phi) is 5.10. The van der Waals surface area contributed by atoms with Crippen LogP contribution < -0.4 is 15.5 Å². The number of fused-ring (bicyclic) bond motifs is 1. The first kappa shape index (κ1) is 19.0. The molecular weight excluding hydrogens is 385 g/mol. The second-order valence-corrected chi connectivity index (χ2v) is 7.76. The van der Waals surface area contributed by atoms with Crippen molar-refractivity contribution in [2.45, 2.75) is 6.04 Å². The highest BCUT2D eigenvalue weighted by Gasteiger charge is 2.29. The van der Waals surface area contributed by atoms with Crippen LogP contribution in [0.2, 0.25) is 0 Å². The van der Waals surface area contributed by atoms with Gasteiger partial charge in [-0.2, -0.15) is 0 Å². The van der Waals surface area contributed by atoms with Gasteiger partial charge < -0.3 is 20.3 Å². The summed E-state index contributed by atoms with van der Waals surface area (Å²) in [5, 5.41) is 6.01.